The van der Waals surface area contributed by atoms with Gasteiger partial charge in [0, 0.05) is 51.8 Å². The van der Waals surface area contributed by atoms with Crippen LogP contribution < -0.4 is 31.1 Å². The Morgan fingerprint density at radius 2 is 0.921 bits per heavy atom. The van der Waals surface area contributed by atoms with Crippen molar-refractivity contribution >= 4 is 79.0 Å². The minimum Gasteiger partial charge on any atom is -0.454 e. The van der Waals surface area contributed by atoms with E-state index < -0.39 is 0 Å². The molecule has 6 aromatic carbocycles. The molecule has 526 valence electrons. The zero-order chi connectivity index (χ0) is 72.8. The van der Waals surface area contributed by atoms with Gasteiger partial charge < -0.3 is 40.0 Å². The summed E-state index contributed by atoms with van der Waals surface area (Å²) >= 11 is 0. The van der Waals surface area contributed by atoms with Gasteiger partial charge in [0.1, 0.15) is 11.5 Å². The van der Waals surface area contributed by atoms with E-state index in [1.165, 1.54) is 55.1 Å². The van der Waals surface area contributed by atoms with Gasteiger partial charge in [0.25, 0.3) is 11.8 Å². The molecule has 0 saturated carbocycles. The summed E-state index contributed by atoms with van der Waals surface area (Å²) in [6.07, 6.45) is 8.60. The molecular formula is C83H97N11O7. The maximum absolute atomic E-state index is 11.3. The summed E-state index contributed by atoms with van der Waals surface area (Å²) in [7, 11) is 0. The van der Waals surface area contributed by atoms with Crippen LogP contribution in [0.2, 0.25) is 0 Å². The SMILES string of the molecule is CC(C)c1ccc2[nH]c(=O)[nH]c2c1.CC(C)c1ccc2[nH]ccc2c1.CC(C)c1ccc2[nH]ncc2c1.CC(C)c1ccc2c(c1)C(=O)NC2=O.CC(C)c1ccc2c(c1)NC(=O)C2.CC(C)c1ccc2c(c1)OCO2.CC(C)c1ccc2cc[nH]c2n1.CC(C)c1cnc2c(c1)CC(=O)N2. The van der Waals surface area contributed by atoms with Crippen LogP contribution in [0.15, 0.2) is 169 Å². The molecule has 6 aromatic heterocycles. The Morgan fingerprint density at radius 1 is 0.386 bits per heavy atom. The van der Waals surface area contributed by atoms with Crippen LogP contribution in [0.1, 0.15) is 235 Å². The third-order valence-electron chi connectivity index (χ3n) is 17.8. The predicted octanol–water partition coefficient (Wildman–Crippen LogP) is 18.9. The molecule has 0 aliphatic carbocycles. The molecule has 0 atom stereocenters. The van der Waals surface area contributed by atoms with Gasteiger partial charge in [-0.1, -0.05) is 153 Å². The van der Waals surface area contributed by atoms with Crippen molar-refractivity contribution in [3.8, 4) is 11.5 Å². The Labute approximate surface area is 591 Å². The van der Waals surface area contributed by atoms with Crippen LogP contribution in [0.3, 0.4) is 0 Å². The zero-order valence-corrected chi connectivity index (χ0v) is 61.0. The number of imidazole rings is 1. The standard InChI is InChI=1S/C11H11NO2.C11H13NO.C11H13N.2C10H12N2O.2C10H12N2.C10H12O2/c1-6(2)7-3-4-8-9(5-7)11(14)12-10(8)13;1-7(2)8-3-4-9-6-11(13)12-10(9)5-8;1-8(2)9-3-4-11-10(7-9)5-6-12-11;1-6(2)8-3-7-4-9(13)12-10(7)11-5-8;1-6(2)7-3-4-8-9(5-7)12-10(13)11-8;1-7(2)8-3-4-10-9(5-8)6-11-12-10;1-7(2)9-4-3-8-5-6-11-10(8)12-9;1-7(2)8-3-4-9-10(5-8)12-6-11-9/h3-6H,1-2H3,(H,12,13,14);3-5,7H,6H2,1-2H3,(H,12,13);3-8,12H,1-2H3;3,5-6H,4H2,1-2H3,(H,11,12,13);3-6H,1-2H3,(H2,11,12,13);2*3-7H,1-2H3,(H,11,12);3-5,7H,6H2,1-2H3. The average Bonchev–Trinajstić information content (AvgIpc) is 1.67. The highest BCUT2D eigenvalue weighted by molar-refractivity contribution is 6.21. The number of benzene rings is 6. The number of carbonyl (C=O) groups is 4. The lowest BCUT2D eigenvalue weighted by molar-refractivity contribution is -0.115. The second kappa shape index (κ2) is 33.8. The normalized spacial score (nSPS) is 12.9. The maximum atomic E-state index is 11.3. The van der Waals surface area contributed by atoms with Crippen molar-refractivity contribution in [2.45, 2.75) is 171 Å². The first-order valence-corrected chi connectivity index (χ1v) is 34.9. The highest BCUT2D eigenvalue weighted by Gasteiger charge is 2.27. The summed E-state index contributed by atoms with van der Waals surface area (Å²) in [5, 5.41) is 18.4. The molecule has 0 unspecified atom stereocenters. The second-order valence-corrected chi connectivity index (χ2v) is 28.2. The fourth-order valence-electron chi connectivity index (χ4n) is 11.3. The van der Waals surface area contributed by atoms with Crippen molar-refractivity contribution in [3.05, 3.63) is 242 Å². The van der Waals surface area contributed by atoms with Crippen molar-refractivity contribution in [2.75, 3.05) is 17.4 Å². The number of hydrogen-bond donors (Lipinski definition) is 8. The molecule has 8 N–H and O–H groups in total. The topological polar surface area (TPSA) is 258 Å². The van der Waals surface area contributed by atoms with Crippen molar-refractivity contribution in [1.82, 2.24) is 45.4 Å². The lowest BCUT2D eigenvalue weighted by atomic mass is 9.98. The molecule has 10 heterocycles. The first-order valence-electron chi connectivity index (χ1n) is 34.9. The monoisotopic (exact) mass is 1360 g/mol. The minimum absolute atomic E-state index is 0.0448. The van der Waals surface area contributed by atoms with Crippen molar-refractivity contribution in [3.63, 3.8) is 0 Å². The summed E-state index contributed by atoms with van der Waals surface area (Å²) in [4.78, 5) is 76.0. The number of nitrogens with one attached hydrogen (secondary N) is 8. The van der Waals surface area contributed by atoms with E-state index in [-0.39, 0.29) is 29.3 Å². The number of hydrogen-bond acceptors (Lipinski definition) is 10. The number of ether oxygens (including phenoxy) is 2. The number of pyridine rings is 2. The molecule has 0 bridgehead atoms. The molecule has 0 spiro atoms. The fraction of sp³-hybridized carbons (Fsp3) is 0.325. The number of imide groups is 1. The van der Waals surface area contributed by atoms with Gasteiger partial charge in [0.2, 0.25) is 18.6 Å². The van der Waals surface area contributed by atoms with Crippen LogP contribution in [0.25, 0.3) is 43.9 Å². The van der Waals surface area contributed by atoms with Gasteiger partial charge in [0.05, 0.1) is 46.7 Å². The molecule has 0 fully saturated rings. The summed E-state index contributed by atoms with van der Waals surface area (Å²) in [6.45, 7) is 34.7. The molecule has 16 rings (SSSR count). The highest BCUT2D eigenvalue weighted by atomic mass is 16.7. The van der Waals surface area contributed by atoms with Crippen molar-refractivity contribution in [2.24, 2.45) is 0 Å². The Morgan fingerprint density at radius 3 is 1.60 bits per heavy atom. The van der Waals surface area contributed by atoms with E-state index in [1.54, 1.807) is 12.1 Å². The molecule has 101 heavy (non-hydrogen) atoms. The average molecular weight is 1360 g/mol. The molecule has 0 saturated heterocycles. The number of H-pyrrole nitrogens is 5. The summed E-state index contributed by atoms with van der Waals surface area (Å²) in [5.74, 6) is 6.12. The number of aromatic nitrogens is 8. The Bertz CT molecular complexity index is 4650. The number of aromatic amines is 5. The molecule has 0 radical (unpaired) electrons. The van der Waals surface area contributed by atoms with Crippen LogP contribution in [0, 0.1) is 0 Å². The lowest BCUT2D eigenvalue weighted by Gasteiger charge is -2.06. The van der Waals surface area contributed by atoms with Gasteiger partial charge in [-0.2, -0.15) is 5.10 Å². The molecule has 18 heteroatoms. The summed E-state index contributed by atoms with van der Waals surface area (Å²) in [5.41, 5.74) is 19.0. The Kier molecular flexibility index (Phi) is 24.9. The predicted molar refractivity (Wildman–Crippen MR) is 408 cm³/mol. The Balaban J connectivity index is 0.000000135. The van der Waals surface area contributed by atoms with Gasteiger partial charge in [-0.25, -0.2) is 14.8 Å². The smallest absolute Gasteiger partial charge is 0.323 e. The molecule has 4 aliphatic heterocycles. The maximum Gasteiger partial charge on any atom is 0.323 e. The first-order chi connectivity index (χ1) is 48.2. The van der Waals surface area contributed by atoms with Crippen LogP contribution in [0.5, 0.6) is 11.5 Å². The van der Waals surface area contributed by atoms with Gasteiger partial charge in [0.15, 0.2) is 11.5 Å². The molecule has 4 aliphatic rings. The Hall–Kier alpha value is -10.9. The van der Waals surface area contributed by atoms with Crippen LogP contribution in [-0.4, -0.2) is 70.5 Å². The molecule has 4 amide bonds. The number of anilines is 2. The number of nitrogens with zero attached hydrogens (tertiary/aromatic N) is 3. The molecule has 18 nitrogen and oxygen atoms in total. The number of fused-ring (bicyclic) bond motifs is 8. The van der Waals surface area contributed by atoms with E-state index in [4.69, 9.17) is 9.47 Å². The third-order valence-corrected chi connectivity index (χ3v) is 17.8. The number of amides is 4. The van der Waals surface area contributed by atoms with Gasteiger partial charge >= 0.3 is 5.69 Å². The van der Waals surface area contributed by atoms with E-state index in [2.05, 4.69) is 246 Å². The van der Waals surface area contributed by atoms with Crippen LogP contribution in [-0.2, 0) is 22.4 Å². The van der Waals surface area contributed by atoms with Crippen molar-refractivity contribution in [1.29, 1.82) is 0 Å². The van der Waals surface area contributed by atoms with E-state index in [9.17, 15) is 24.0 Å². The largest absolute Gasteiger partial charge is 0.454 e. The highest BCUT2D eigenvalue weighted by Crippen LogP contribution is 2.35. The number of carbonyl (C=O) groups excluding carboxylic acids is 4. The quantitative estimate of drug-likeness (QED) is 0.0668. The van der Waals surface area contributed by atoms with E-state index >= 15 is 0 Å². The first kappa shape index (κ1) is 74.3. The number of rotatable bonds is 8. The van der Waals surface area contributed by atoms with Crippen molar-refractivity contribution < 1.29 is 28.7 Å². The second-order valence-electron chi connectivity index (χ2n) is 28.2. The van der Waals surface area contributed by atoms with E-state index in [1.807, 2.05) is 73.3 Å². The van der Waals surface area contributed by atoms with Crippen LogP contribution in [0.4, 0.5) is 11.5 Å². The van der Waals surface area contributed by atoms with Gasteiger partial charge in [-0.15, -0.1) is 0 Å². The van der Waals surface area contributed by atoms with Gasteiger partial charge in [-0.05, 0) is 194 Å². The van der Waals surface area contributed by atoms with Gasteiger partial charge in [-0.3, -0.25) is 29.6 Å². The van der Waals surface area contributed by atoms with E-state index in [0.717, 1.165) is 67.6 Å². The van der Waals surface area contributed by atoms with E-state index in [0.29, 0.717) is 78.1 Å². The molecule has 12 aromatic rings. The fourth-order valence-corrected chi connectivity index (χ4v) is 11.3. The molecular weight excluding hydrogens is 1260 g/mol. The zero-order valence-electron chi connectivity index (χ0n) is 61.0. The van der Waals surface area contributed by atoms with Crippen LogP contribution >= 0.6 is 0 Å². The summed E-state index contributed by atoms with van der Waals surface area (Å²) in [6, 6.07) is 47.1. The minimum atomic E-state index is -0.291. The summed E-state index contributed by atoms with van der Waals surface area (Å²) < 4.78 is 10.5. The third kappa shape index (κ3) is 19.7. The lowest BCUT2D eigenvalue weighted by Crippen LogP contribution is -2.19.